The summed E-state index contributed by atoms with van der Waals surface area (Å²) >= 11 is 0. The summed E-state index contributed by atoms with van der Waals surface area (Å²) in [5.74, 6) is 0.640. The first-order chi connectivity index (χ1) is 4.66. The minimum atomic E-state index is 0.640. The summed E-state index contributed by atoms with van der Waals surface area (Å²) in [7, 11) is 4.04. The summed E-state index contributed by atoms with van der Waals surface area (Å²) in [4.78, 5) is 0. The van der Waals surface area contributed by atoms with Crippen molar-refractivity contribution in [3.63, 3.8) is 0 Å². The molecule has 0 aliphatic heterocycles. The fourth-order valence-corrected chi connectivity index (χ4v) is 0.494. The van der Waals surface area contributed by atoms with Gasteiger partial charge in [-0.1, -0.05) is 19.9 Å². The van der Waals surface area contributed by atoms with E-state index in [4.69, 9.17) is 0 Å². The number of hydrogen-bond donors (Lipinski definition) is 0. The summed E-state index contributed by atoms with van der Waals surface area (Å²) in [6, 6.07) is 0. The van der Waals surface area contributed by atoms with Gasteiger partial charge in [0.1, 0.15) is 13.3 Å². The average Bonchev–Trinajstić information content (AvgIpc) is 1.87. The normalized spacial score (nSPS) is 13.1. The van der Waals surface area contributed by atoms with Gasteiger partial charge in [0.05, 0.1) is 0 Å². The second-order valence-electron chi connectivity index (χ2n) is 2.70. The van der Waals surface area contributed by atoms with Crippen molar-refractivity contribution in [2.75, 3.05) is 7.05 Å². The minimum absolute atomic E-state index is 0.640. The third kappa shape index (κ3) is 5.61. The summed E-state index contributed by atoms with van der Waals surface area (Å²) in [6.45, 7) is 6.35. The highest BCUT2D eigenvalue weighted by molar-refractivity contribution is 6.23. The quantitative estimate of drug-likeness (QED) is 0.410. The molecular weight excluding hydrogens is 121 g/mol. The van der Waals surface area contributed by atoms with Crippen LogP contribution in [-0.2, 0) is 0 Å². The van der Waals surface area contributed by atoms with E-state index in [1.54, 1.807) is 0 Å². The molecule has 0 saturated carbocycles. The van der Waals surface area contributed by atoms with Crippen LogP contribution in [0.3, 0.4) is 0 Å². The topological polar surface area (TPSA) is 3.01 Å². The van der Waals surface area contributed by atoms with Gasteiger partial charge >= 0.3 is 7.41 Å². The van der Waals surface area contributed by atoms with Crippen LogP contribution in [0, 0.1) is 5.92 Å². The first kappa shape index (κ1) is 9.47. The van der Waals surface area contributed by atoms with Crippen LogP contribution in [0.1, 0.15) is 13.8 Å². The van der Waals surface area contributed by atoms with Gasteiger partial charge in [-0.3, -0.25) is 0 Å². The molecule has 0 N–H and O–H groups in total. The molecule has 0 aromatic rings. The second kappa shape index (κ2) is 5.27. The number of hydrogen-bond acceptors (Lipinski definition) is 0. The van der Waals surface area contributed by atoms with Crippen molar-refractivity contribution in [2.24, 2.45) is 5.92 Å². The van der Waals surface area contributed by atoms with Crippen LogP contribution in [-0.4, -0.2) is 25.2 Å². The van der Waals surface area contributed by atoms with E-state index >= 15 is 0 Å². The molecule has 0 atom stereocenters. The maximum Gasteiger partial charge on any atom is 0.529 e. The molecule has 0 rings (SSSR count). The molecule has 0 aliphatic carbocycles. The Balaban J connectivity index is 3.70. The van der Waals surface area contributed by atoms with Gasteiger partial charge in [0.2, 0.25) is 0 Å². The molecule has 0 bridgehead atoms. The summed E-state index contributed by atoms with van der Waals surface area (Å²) in [5, 5.41) is 0. The third-order valence-corrected chi connectivity index (χ3v) is 1.22. The van der Waals surface area contributed by atoms with Gasteiger partial charge in [0, 0.05) is 0 Å². The highest BCUT2D eigenvalue weighted by atomic mass is 14.8. The van der Waals surface area contributed by atoms with E-state index in [2.05, 4.69) is 26.0 Å². The largest absolute Gasteiger partial charge is 0.529 e. The van der Waals surface area contributed by atoms with Crippen LogP contribution in [0.2, 0.25) is 6.82 Å². The second-order valence-corrected chi connectivity index (χ2v) is 2.70. The molecular formula is C8H16BN+. The van der Waals surface area contributed by atoms with Gasteiger partial charge in [-0.25, -0.2) is 0 Å². The van der Waals surface area contributed by atoms with Crippen molar-refractivity contribution in [2.45, 2.75) is 20.7 Å². The molecule has 0 aromatic heterocycles. The Morgan fingerprint density at radius 2 is 2.00 bits per heavy atom. The molecule has 55 valence electrons. The van der Waals surface area contributed by atoms with E-state index in [1.165, 1.54) is 0 Å². The minimum Gasteiger partial charge on any atom is -0.325 e. The summed E-state index contributed by atoms with van der Waals surface area (Å²) in [5.41, 5.74) is 0. The highest BCUT2D eigenvalue weighted by Crippen LogP contribution is 1.90. The first-order valence-electron chi connectivity index (χ1n) is 3.70. The van der Waals surface area contributed by atoms with Crippen molar-refractivity contribution < 1.29 is 4.49 Å². The van der Waals surface area contributed by atoms with Crippen LogP contribution in [0.15, 0.2) is 12.2 Å². The van der Waals surface area contributed by atoms with E-state index in [1.807, 2.05) is 32.0 Å². The van der Waals surface area contributed by atoms with Crippen LogP contribution >= 0.6 is 0 Å². The predicted molar refractivity (Wildman–Crippen MR) is 47.8 cm³/mol. The van der Waals surface area contributed by atoms with Gasteiger partial charge in [0.15, 0.2) is 0 Å². The maximum absolute atomic E-state index is 2.17. The van der Waals surface area contributed by atoms with E-state index in [0.717, 1.165) is 0 Å². The van der Waals surface area contributed by atoms with Crippen molar-refractivity contribution in [3.8, 4) is 0 Å². The van der Waals surface area contributed by atoms with E-state index < -0.39 is 0 Å². The molecule has 0 heterocycles. The Bertz CT molecular complexity index is 136. The van der Waals surface area contributed by atoms with E-state index in [9.17, 15) is 0 Å². The molecule has 0 aromatic carbocycles. The monoisotopic (exact) mass is 137 g/mol. The zero-order valence-electron chi connectivity index (χ0n) is 7.33. The Morgan fingerprint density at radius 3 is 2.40 bits per heavy atom. The fourth-order valence-electron chi connectivity index (χ4n) is 0.494. The summed E-state index contributed by atoms with van der Waals surface area (Å²) < 4.78 is 2.03. The Labute approximate surface area is 64.7 Å². The van der Waals surface area contributed by atoms with Crippen LogP contribution < -0.4 is 0 Å². The van der Waals surface area contributed by atoms with Crippen molar-refractivity contribution in [1.29, 1.82) is 0 Å². The number of nitrogens with zero attached hydrogens (tertiary/aromatic N) is 1. The molecule has 0 aliphatic rings. The molecule has 1 nitrogen and oxygen atoms in total. The SMILES string of the molecule is C[B]/[N+](C)=C\C=C\C(C)C. The van der Waals surface area contributed by atoms with Crippen molar-refractivity contribution in [3.05, 3.63) is 12.2 Å². The fraction of sp³-hybridized carbons (Fsp3) is 0.625. The average molecular weight is 137 g/mol. The lowest BCUT2D eigenvalue weighted by atomic mass is 10.00. The zero-order valence-corrected chi connectivity index (χ0v) is 7.33. The Hall–Kier alpha value is -0.525. The number of rotatable bonds is 3. The molecule has 2 heteroatoms. The van der Waals surface area contributed by atoms with Gasteiger partial charge in [-0.05, 0) is 18.8 Å². The third-order valence-electron chi connectivity index (χ3n) is 1.22. The lowest BCUT2D eigenvalue weighted by Gasteiger charge is -1.89. The first-order valence-corrected chi connectivity index (χ1v) is 3.70. The zero-order chi connectivity index (χ0) is 7.98. The molecule has 1 radical (unpaired) electrons. The van der Waals surface area contributed by atoms with Crippen molar-refractivity contribution in [1.82, 2.24) is 0 Å². The molecule has 0 fully saturated rings. The van der Waals surface area contributed by atoms with Gasteiger partial charge in [-0.2, -0.15) is 0 Å². The Kier molecular flexibility index (Phi) is 5.00. The molecule has 0 spiro atoms. The maximum atomic E-state index is 2.17. The number of allylic oxidation sites excluding steroid dienone is 2. The predicted octanol–water partition coefficient (Wildman–Crippen LogP) is 1.58. The smallest absolute Gasteiger partial charge is 0.325 e. The molecule has 0 saturated heterocycles. The molecule has 10 heavy (non-hydrogen) atoms. The van der Waals surface area contributed by atoms with Crippen LogP contribution in [0.4, 0.5) is 0 Å². The van der Waals surface area contributed by atoms with Crippen LogP contribution in [0.5, 0.6) is 0 Å². The van der Waals surface area contributed by atoms with Crippen molar-refractivity contribution >= 4 is 13.6 Å². The Morgan fingerprint density at radius 1 is 1.40 bits per heavy atom. The van der Waals surface area contributed by atoms with Gasteiger partial charge < -0.3 is 4.49 Å². The highest BCUT2D eigenvalue weighted by Gasteiger charge is 1.91. The van der Waals surface area contributed by atoms with Gasteiger partial charge in [-0.15, -0.1) is 0 Å². The summed E-state index contributed by atoms with van der Waals surface area (Å²) in [6.07, 6.45) is 6.28. The van der Waals surface area contributed by atoms with Gasteiger partial charge in [0.25, 0.3) is 0 Å². The van der Waals surface area contributed by atoms with E-state index in [0.29, 0.717) is 5.92 Å². The van der Waals surface area contributed by atoms with E-state index in [-0.39, 0.29) is 0 Å². The molecule has 0 amide bonds. The standard InChI is InChI=1S/C8H16BN/c1-8(2)6-5-7-10(4)9-3/h5-8H,1-4H3/q+1/b6-5+,10-7-. The van der Waals surface area contributed by atoms with Crippen LogP contribution in [0.25, 0.3) is 0 Å². The molecule has 0 unspecified atom stereocenters. The lowest BCUT2D eigenvalue weighted by molar-refractivity contribution is -0.335. The lowest BCUT2D eigenvalue weighted by Crippen LogP contribution is -2.07.